The lowest BCUT2D eigenvalue weighted by molar-refractivity contribution is 0.475. The van der Waals surface area contributed by atoms with Crippen LogP contribution in [0.25, 0.3) is 16.9 Å². The van der Waals surface area contributed by atoms with E-state index in [9.17, 15) is 9.90 Å². The SMILES string of the molecule is O=c1c(N=Nc2ccc(O)cc2)c(-c2ccccc2)[nH]n1-c1ccccc1. The number of aromatic amines is 1. The van der Waals surface area contributed by atoms with Crippen LogP contribution in [0.15, 0.2) is 100.0 Å². The van der Waals surface area contributed by atoms with Crippen LogP contribution in [0.3, 0.4) is 0 Å². The van der Waals surface area contributed by atoms with Crippen molar-refractivity contribution in [1.29, 1.82) is 0 Å². The number of phenols is 1. The Hall–Kier alpha value is -3.93. The van der Waals surface area contributed by atoms with Gasteiger partial charge in [-0.2, -0.15) is 5.11 Å². The molecule has 0 saturated heterocycles. The molecule has 0 aliphatic carbocycles. The summed E-state index contributed by atoms with van der Waals surface area (Å²) in [5.41, 5.74) is 2.61. The zero-order valence-electron chi connectivity index (χ0n) is 14.3. The highest BCUT2D eigenvalue weighted by molar-refractivity contribution is 5.71. The van der Waals surface area contributed by atoms with E-state index in [1.165, 1.54) is 16.8 Å². The van der Waals surface area contributed by atoms with Crippen molar-refractivity contribution in [2.45, 2.75) is 0 Å². The summed E-state index contributed by atoms with van der Waals surface area (Å²) in [6, 6.07) is 25.1. The highest BCUT2D eigenvalue weighted by Gasteiger charge is 2.16. The molecule has 0 aliphatic rings. The first-order valence-electron chi connectivity index (χ1n) is 8.39. The zero-order valence-corrected chi connectivity index (χ0v) is 14.3. The normalized spacial score (nSPS) is 11.1. The molecule has 1 heterocycles. The summed E-state index contributed by atoms with van der Waals surface area (Å²) >= 11 is 0. The first kappa shape index (κ1) is 16.5. The van der Waals surface area contributed by atoms with Gasteiger partial charge in [-0.3, -0.25) is 9.89 Å². The van der Waals surface area contributed by atoms with Gasteiger partial charge < -0.3 is 5.11 Å². The number of hydrogen-bond acceptors (Lipinski definition) is 4. The number of para-hydroxylation sites is 1. The number of nitrogens with zero attached hydrogens (tertiary/aromatic N) is 3. The molecule has 0 atom stereocenters. The number of H-pyrrole nitrogens is 1. The molecule has 0 fully saturated rings. The third-order valence-electron chi connectivity index (χ3n) is 4.06. The summed E-state index contributed by atoms with van der Waals surface area (Å²) in [7, 11) is 0. The second kappa shape index (κ2) is 7.13. The van der Waals surface area contributed by atoms with Gasteiger partial charge in [-0.1, -0.05) is 48.5 Å². The van der Waals surface area contributed by atoms with Crippen molar-refractivity contribution < 1.29 is 5.11 Å². The highest BCUT2D eigenvalue weighted by Crippen LogP contribution is 2.28. The molecule has 4 rings (SSSR count). The quantitative estimate of drug-likeness (QED) is 0.507. The monoisotopic (exact) mass is 356 g/mol. The lowest BCUT2D eigenvalue weighted by Crippen LogP contribution is -2.13. The van der Waals surface area contributed by atoms with E-state index in [-0.39, 0.29) is 17.0 Å². The van der Waals surface area contributed by atoms with E-state index >= 15 is 0 Å². The van der Waals surface area contributed by atoms with Crippen molar-refractivity contribution in [3.63, 3.8) is 0 Å². The van der Waals surface area contributed by atoms with Gasteiger partial charge in [-0.05, 0) is 36.4 Å². The molecule has 4 aromatic rings. The number of nitrogens with one attached hydrogen (secondary N) is 1. The van der Waals surface area contributed by atoms with Gasteiger partial charge in [0.2, 0.25) is 0 Å². The Morgan fingerprint density at radius 1 is 0.778 bits per heavy atom. The van der Waals surface area contributed by atoms with Crippen molar-refractivity contribution in [3.8, 4) is 22.7 Å². The summed E-state index contributed by atoms with van der Waals surface area (Å²) in [4.78, 5) is 13.0. The first-order valence-corrected chi connectivity index (χ1v) is 8.39. The lowest BCUT2D eigenvalue weighted by Gasteiger charge is -2.01. The van der Waals surface area contributed by atoms with Gasteiger partial charge in [-0.25, -0.2) is 4.68 Å². The molecular formula is C21H16N4O2. The first-order chi connectivity index (χ1) is 13.2. The predicted molar refractivity (Wildman–Crippen MR) is 104 cm³/mol. The van der Waals surface area contributed by atoms with E-state index in [1.54, 1.807) is 12.1 Å². The maximum absolute atomic E-state index is 13.0. The van der Waals surface area contributed by atoms with E-state index in [2.05, 4.69) is 15.3 Å². The standard InChI is InChI=1S/C21H16N4O2/c26-18-13-11-16(12-14-18)22-23-20-19(15-7-3-1-4-8-15)24-25(21(20)27)17-9-5-2-6-10-17/h1-14,24,26H. The van der Waals surface area contributed by atoms with Gasteiger partial charge in [0, 0.05) is 5.56 Å². The van der Waals surface area contributed by atoms with E-state index in [1.807, 2.05) is 60.7 Å². The summed E-state index contributed by atoms with van der Waals surface area (Å²) in [5, 5.41) is 20.9. The van der Waals surface area contributed by atoms with E-state index < -0.39 is 0 Å². The Morgan fingerprint density at radius 3 is 2.07 bits per heavy atom. The van der Waals surface area contributed by atoms with E-state index in [4.69, 9.17) is 0 Å². The average molecular weight is 356 g/mol. The Labute approximate surface area is 155 Å². The zero-order chi connectivity index (χ0) is 18.6. The van der Waals surface area contributed by atoms with Crippen LogP contribution in [0.1, 0.15) is 0 Å². The number of benzene rings is 3. The van der Waals surface area contributed by atoms with Gasteiger partial charge in [0.25, 0.3) is 5.56 Å². The van der Waals surface area contributed by atoms with Crippen molar-refractivity contribution >= 4 is 11.4 Å². The molecule has 2 N–H and O–H groups in total. The minimum atomic E-state index is -0.289. The van der Waals surface area contributed by atoms with Gasteiger partial charge in [0.15, 0.2) is 5.69 Å². The molecule has 0 bridgehead atoms. The van der Waals surface area contributed by atoms with Crippen molar-refractivity contribution in [1.82, 2.24) is 9.78 Å². The van der Waals surface area contributed by atoms with Crippen LogP contribution in [0.5, 0.6) is 5.75 Å². The van der Waals surface area contributed by atoms with Crippen LogP contribution in [0, 0.1) is 0 Å². The minimum Gasteiger partial charge on any atom is -0.508 e. The fourth-order valence-electron chi connectivity index (χ4n) is 2.71. The van der Waals surface area contributed by atoms with Gasteiger partial charge in [-0.15, -0.1) is 5.11 Å². The topological polar surface area (TPSA) is 82.7 Å². The Bertz CT molecular complexity index is 1130. The maximum atomic E-state index is 13.0. The third-order valence-corrected chi connectivity index (χ3v) is 4.06. The van der Waals surface area contributed by atoms with Crippen LogP contribution in [0.4, 0.5) is 11.4 Å². The van der Waals surface area contributed by atoms with Gasteiger partial charge >= 0.3 is 0 Å². The van der Waals surface area contributed by atoms with Gasteiger partial charge in [0.05, 0.1) is 17.1 Å². The molecule has 0 unspecified atom stereocenters. The summed E-state index contributed by atoms with van der Waals surface area (Å²) in [5.74, 6) is 0.145. The molecule has 6 heteroatoms. The molecule has 3 aromatic carbocycles. The Morgan fingerprint density at radius 2 is 1.41 bits per heavy atom. The fourth-order valence-corrected chi connectivity index (χ4v) is 2.71. The number of hydrogen-bond donors (Lipinski definition) is 2. The van der Waals surface area contributed by atoms with Crippen LogP contribution in [0.2, 0.25) is 0 Å². The maximum Gasteiger partial charge on any atom is 0.299 e. The molecule has 132 valence electrons. The van der Waals surface area contributed by atoms with E-state index in [0.29, 0.717) is 17.1 Å². The predicted octanol–water partition coefficient (Wildman–Crippen LogP) is 4.95. The lowest BCUT2D eigenvalue weighted by atomic mass is 10.1. The molecule has 0 spiro atoms. The number of aromatic nitrogens is 2. The van der Waals surface area contributed by atoms with Crippen molar-refractivity contribution in [2.75, 3.05) is 0 Å². The third kappa shape index (κ3) is 3.41. The second-order valence-corrected chi connectivity index (χ2v) is 5.89. The second-order valence-electron chi connectivity index (χ2n) is 5.89. The molecule has 0 aliphatic heterocycles. The summed E-state index contributed by atoms with van der Waals surface area (Å²) in [6.45, 7) is 0. The molecule has 27 heavy (non-hydrogen) atoms. The summed E-state index contributed by atoms with van der Waals surface area (Å²) in [6.07, 6.45) is 0. The van der Waals surface area contributed by atoms with Crippen molar-refractivity contribution in [3.05, 3.63) is 95.3 Å². The molecule has 0 radical (unpaired) electrons. The van der Waals surface area contributed by atoms with Crippen LogP contribution < -0.4 is 5.56 Å². The highest BCUT2D eigenvalue weighted by atomic mass is 16.3. The van der Waals surface area contributed by atoms with Crippen LogP contribution in [-0.4, -0.2) is 14.9 Å². The minimum absolute atomic E-state index is 0.145. The number of aromatic hydroxyl groups is 1. The van der Waals surface area contributed by atoms with Crippen molar-refractivity contribution in [2.24, 2.45) is 10.2 Å². The largest absolute Gasteiger partial charge is 0.508 e. The number of rotatable bonds is 4. The molecule has 0 amide bonds. The average Bonchev–Trinajstić information content (AvgIpc) is 3.05. The smallest absolute Gasteiger partial charge is 0.299 e. The summed E-state index contributed by atoms with van der Waals surface area (Å²) < 4.78 is 1.45. The Balaban J connectivity index is 1.85. The van der Waals surface area contributed by atoms with E-state index in [0.717, 1.165) is 5.56 Å². The van der Waals surface area contributed by atoms with Crippen LogP contribution >= 0.6 is 0 Å². The molecule has 0 saturated carbocycles. The number of phenolic OH excluding ortho intramolecular Hbond substituents is 1. The number of azo groups is 1. The van der Waals surface area contributed by atoms with Gasteiger partial charge in [0.1, 0.15) is 5.75 Å². The van der Waals surface area contributed by atoms with Crippen LogP contribution in [-0.2, 0) is 0 Å². The fraction of sp³-hybridized carbons (Fsp3) is 0. The molecule has 6 nitrogen and oxygen atoms in total. The molecule has 1 aromatic heterocycles. The Kier molecular flexibility index (Phi) is 4.37. The molecular weight excluding hydrogens is 340 g/mol.